The predicted octanol–water partition coefficient (Wildman–Crippen LogP) is 21.4. The third-order valence-corrected chi connectivity index (χ3v) is 16.9. The van der Waals surface area contributed by atoms with Crippen molar-refractivity contribution in [2.45, 2.75) is 205 Å². The van der Waals surface area contributed by atoms with Crippen molar-refractivity contribution in [3.8, 4) is 5.75 Å². The number of hydrogen-bond acceptors (Lipinski definition) is 7. The minimum absolute atomic E-state index is 0.0476. The van der Waals surface area contributed by atoms with Crippen molar-refractivity contribution in [2.24, 2.45) is 23.7 Å². The molecule has 10 heteroatoms. The number of ketones is 1. The third kappa shape index (κ3) is 48.6. The maximum Gasteiger partial charge on any atom is 0.224 e. The topological polar surface area (TPSA) is 117 Å². The largest absolute Gasteiger partial charge is 0.497 e. The Morgan fingerprint density at radius 3 is 1.08 bits per heavy atom. The summed E-state index contributed by atoms with van der Waals surface area (Å²) in [4.78, 5) is 25.1. The highest BCUT2D eigenvalue weighted by Crippen LogP contribution is 2.16. The summed E-state index contributed by atoms with van der Waals surface area (Å²) in [6.07, 6.45) is 6.87. The number of nitrogens with zero attached hydrogens (tertiary/aromatic N) is 1. The van der Waals surface area contributed by atoms with Crippen LogP contribution in [0.25, 0.3) is 0 Å². The van der Waals surface area contributed by atoms with Gasteiger partial charge in [0, 0.05) is 56.1 Å². The number of hydrogen-bond donors (Lipinski definition) is 3. The number of sulfonamides is 1. The van der Waals surface area contributed by atoms with Gasteiger partial charge >= 0.3 is 0 Å². The predicted molar refractivity (Wildman–Crippen MR) is 437 cm³/mol. The summed E-state index contributed by atoms with van der Waals surface area (Å²) in [6, 6.07) is 91.7. The van der Waals surface area contributed by atoms with E-state index in [1.54, 1.807) is 19.2 Å². The van der Waals surface area contributed by atoms with E-state index in [4.69, 9.17) is 4.74 Å². The molecule has 0 aliphatic rings. The van der Waals surface area contributed by atoms with Crippen molar-refractivity contribution in [2.75, 3.05) is 7.11 Å². The van der Waals surface area contributed by atoms with Gasteiger partial charge in [-0.1, -0.05) is 324 Å². The van der Waals surface area contributed by atoms with Crippen LogP contribution in [0.1, 0.15) is 174 Å². The molecule has 3 N–H and O–H groups in total. The Morgan fingerprint density at radius 1 is 0.382 bits per heavy atom. The molecule has 0 unspecified atom stereocenters. The summed E-state index contributed by atoms with van der Waals surface area (Å²) < 4.78 is 30.6. The maximum atomic E-state index is 11.5. The van der Waals surface area contributed by atoms with Crippen LogP contribution in [0, 0.1) is 23.7 Å². The molecular weight excluding hydrogens is 1270 g/mol. The SMILES string of the molecule is CC(C)C(=O)CCc1ccccc1.CC(C)CCc1ccccc1.CC(C)Cc1ccccc1.CC(C)N(Cc1ccccc1)Cc1ccccc1.CC(C)NC(=O)Cc1ccccc1.CC(C)NCc1ccccc1.CC(C)NS(=O)(=O)Cc1ccccc1.COc1ccc(CC(C)C)cc1. The zero-order valence-corrected chi connectivity index (χ0v) is 66.0. The summed E-state index contributed by atoms with van der Waals surface area (Å²) in [5, 5.41) is 6.21. The number of methoxy groups -OCH3 is 1. The molecule has 9 nitrogen and oxygen atoms in total. The Labute approximate surface area is 619 Å². The average Bonchev–Trinajstić information content (AvgIpc) is 0.897. The normalized spacial score (nSPS) is 10.7. The molecule has 9 aromatic rings. The van der Waals surface area contributed by atoms with Crippen LogP contribution in [-0.4, -0.2) is 56.3 Å². The van der Waals surface area contributed by atoms with Crippen LogP contribution in [0.5, 0.6) is 5.75 Å². The van der Waals surface area contributed by atoms with Crippen LogP contribution in [0.4, 0.5) is 0 Å². The number of carbonyl (C=O) groups is 2. The van der Waals surface area contributed by atoms with Gasteiger partial charge in [0.1, 0.15) is 11.5 Å². The van der Waals surface area contributed by atoms with Gasteiger partial charge in [-0.25, -0.2) is 13.1 Å². The maximum absolute atomic E-state index is 11.5. The molecule has 0 aliphatic heterocycles. The van der Waals surface area contributed by atoms with Crippen LogP contribution in [0.3, 0.4) is 0 Å². The molecule has 0 radical (unpaired) electrons. The van der Waals surface area contributed by atoms with Crippen molar-refractivity contribution in [1.29, 1.82) is 0 Å². The lowest BCUT2D eigenvalue weighted by molar-refractivity contribution is -0.122. The highest BCUT2D eigenvalue weighted by atomic mass is 32.2. The lowest BCUT2D eigenvalue weighted by Gasteiger charge is -2.26. The standard InChI is InChI=1S/C17H21N.C12H16O.C11H15NO.C11H16O.C11H16.C10H15NO2S.C10H15N.C10H14/c1-15(2)18(13-16-9-5-3-6-10-16)14-17-11-7-4-8-12-17;1-10(2)12(13)9-8-11-6-4-3-5-7-11;1-9(2)12-11(13)8-10-6-4-3-5-7-10;1-9(2)8-10-4-6-11(12-3)7-5-10;1-10(2)8-9-11-6-4-3-5-7-11;1-9(2)11-14(12,13)8-10-6-4-3-5-7-10;1-9(2)11-8-10-6-4-3-5-7-10;1-9(2)8-10-6-4-3-5-7-10/h3-12,15H,13-14H2,1-2H3;3-7,10H,8-9H2,1-2H3;3-7,9H,8H2,1-2H3,(H,12,13);4-7,9H,8H2,1-3H3;3-7,10H,8-9H2,1-2H3;3-7,9,11H,8H2,1-2H3;3-7,9,11H,8H2,1-2H3;3-7,9H,8H2,1-2H3. The van der Waals surface area contributed by atoms with Gasteiger partial charge < -0.3 is 15.4 Å². The van der Waals surface area contributed by atoms with Gasteiger partial charge in [-0.2, -0.15) is 0 Å². The van der Waals surface area contributed by atoms with E-state index in [2.05, 4.69) is 259 Å². The lowest BCUT2D eigenvalue weighted by atomic mass is 10.0. The summed E-state index contributed by atoms with van der Waals surface area (Å²) in [5.41, 5.74) is 11.5. The van der Waals surface area contributed by atoms with Gasteiger partial charge in [-0.15, -0.1) is 0 Å². The van der Waals surface area contributed by atoms with E-state index < -0.39 is 10.0 Å². The lowest BCUT2D eigenvalue weighted by Crippen LogP contribution is -2.31. The Bertz CT molecular complexity index is 3470. The number of rotatable bonds is 27. The molecule has 9 aromatic carbocycles. The van der Waals surface area contributed by atoms with Crippen LogP contribution in [0.2, 0.25) is 0 Å². The Kier molecular flexibility index (Phi) is 48.0. The minimum atomic E-state index is -3.18. The highest BCUT2D eigenvalue weighted by Gasteiger charge is 2.13. The smallest absolute Gasteiger partial charge is 0.224 e. The first-order valence-electron chi connectivity index (χ1n) is 37.0. The first kappa shape index (κ1) is 89.8. The number of aryl methyl sites for hydroxylation is 2. The fraction of sp³-hybridized carbons (Fsp3) is 0.391. The monoisotopic (exact) mass is 1400 g/mol. The van der Waals surface area contributed by atoms with E-state index in [0.717, 1.165) is 67.1 Å². The first-order chi connectivity index (χ1) is 48.7. The average molecular weight is 1400 g/mol. The molecule has 0 fully saturated rings. The number of ether oxygens (including phenoxy) is 1. The molecule has 0 atom stereocenters. The fourth-order valence-electron chi connectivity index (χ4n) is 9.94. The second kappa shape index (κ2) is 54.4. The molecule has 0 heterocycles. The third-order valence-electron chi connectivity index (χ3n) is 15.3. The van der Waals surface area contributed by atoms with Gasteiger partial charge in [0.2, 0.25) is 15.9 Å². The summed E-state index contributed by atoms with van der Waals surface area (Å²) in [6.45, 7) is 36.7. The number of benzene rings is 9. The highest BCUT2D eigenvalue weighted by molar-refractivity contribution is 7.88. The van der Waals surface area contributed by atoms with Crippen LogP contribution in [-0.2, 0) is 77.1 Å². The van der Waals surface area contributed by atoms with Crippen LogP contribution in [0.15, 0.2) is 267 Å². The molecule has 1 amide bonds. The van der Waals surface area contributed by atoms with Gasteiger partial charge in [0.15, 0.2) is 0 Å². The first-order valence-corrected chi connectivity index (χ1v) is 38.6. The van der Waals surface area contributed by atoms with Gasteiger partial charge in [-0.05, 0) is 154 Å². The Balaban J connectivity index is 0.000000399. The van der Waals surface area contributed by atoms with Crippen molar-refractivity contribution in [3.63, 3.8) is 0 Å². The zero-order chi connectivity index (χ0) is 75.3. The molecular formula is C92H128N4O5S. The van der Waals surface area contributed by atoms with E-state index in [1.807, 2.05) is 126 Å². The van der Waals surface area contributed by atoms with E-state index >= 15 is 0 Å². The molecule has 0 bridgehead atoms. The van der Waals surface area contributed by atoms with Gasteiger partial charge in [-0.3, -0.25) is 14.5 Å². The van der Waals surface area contributed by atoms with E-state index in [-0.39, 0.29) is 29.7 Å². The van der Waals surface area contributed by atoms with Crippen molar-refractivity contribution in [3.05, 3.63) is 317 Å². The molecule has 0 saturated carbocycles. The Hall–Kier alpha value is -8.25. The Morgan fingerprint density at radius 2 is 0.735 bits per heavy atom. The van der Waals surface area contributed by atoms with Crippen molar-refractivity contribution >= 4 is 21.7 Å². The van der Waals surface area contributed by atoms with E-state index in [9.17, 15) is 18.0 Å². The fourth-order valence-corrected chi connectivity index (χ4v) is 11.4. The van der Waals surface area contributed by atoms with Crippen molar-refractivity contribution < 1.29 is 22.7 Å². The van der Waals surface area contributed by atoms with E-state index in [1.165, 1.54) is 58.2 Å². The van der Waals surface area contributed by atoms with Gasteiger partial charge in [0.25, 0.3) is 0 Å². The number of nitrogens with one attached hydrogen (secondary N) is 3. The van der Waals surface area contributed by atoms with Crippen LogP contribution < -0.4 is 20.1 Å². The number of carbonyl (C=O) groups excluding carboxylic acids is 2. The van der Waals surface area contributed by atoms with Gasteiger partial charge in [0.05, 0.1) is 19.3 Å². The second-order valence-corrected chi connectivity index (χ2v) is 30.2. The molecule has 0 aromatic heterocycles. The molecule has 0 saturated heterocycles. The summed E-state index contributed by atoms with van der Waals surface area (Å²) in [7, 11) is -1.49. The summed E-state index contributed by atoms with van der Waals surface area (Å²) >= 11 is 0. The zero-order valence-electron chi connectivity index (χ0n) is 65.2. The molecule has 552 valence electrons. The minimum Gasteiger partial charge on any atom is -0.497 e. The molecule has 9 rings (SSSR count). The summed E-state index contributed by atoms with van der Waals surface area (Å²) in [5.74, 6) is 3.89. The molecule has 0 aliphatic carbocycles. The second-order valence-electron chi connectivity index (χ2n) is 28.4. The van der Waals surface area contributed by atoms with Crippen molar-refractivity contribution in [1.82, 2.24) is 20.3 Å². The molecule has 0 spiro atoms. The number of Topliss-reactive ketones (excluding diaryl/α,β-unsaturated/α-hetero) is 1. The quantitative estimate of drug-likeness (QED) is 0.0469. The van der Waals surface area contributed by atoms with Crippen LogP contribution >= 0.6 is 0 Å². The van der Waals surface area contributed by atoms with E-state index in [0.29, 0.717) is 30.7 Å². The number of amides is 1. The molecule has 102 heavy (non-hydrogen) atoms.